The van der Waals surface area contributed by atoms with Crippen molar-refractivity contribution in [3.63, 3.8) is 0 Å². The Morgan fingerprint density at radius 3 is 2.51 bits per heavy atom. The number of amides is 3. The average Bonchev–Trinajstić information content (AvgIpc) is 3.64. The SMILES string of the molecule is Cn1ccc2cnc(NC3CCN(c4ccc(CN5CCC(O)(c6ccc7c(c6)CN(C6CCC(=O)NC6=O)C7=O)CC5)cc4)CC3)nc21. The van der Waals surface area contributed by atoms with E-state index in [1.54, 1.807) is 11.0 Å². The van der Waals surface area contributed by atoms with Crippen LogP contribution >= 0.6 is 0 Å². The second-order valence-electron chi connectivity index (χ2n) is 14.1. The first-order chi connectivity index (χ1) is 23.7. The molecule has 0 aliphatic carbocycles. The van der Waals surface area contributed by atoms with E-state index in [0.717, 1.165) is 67.7 Å². The molecule has 3 fully saturated rings. The second kappa shape index (κ2) is 12.6. The summed E-state index contributed by atoms with van der Waals surface area (Å²) in [4.78, 5) is 52.7. The van der Waals surface area contributed by atoms with E-state index >= 15 is 0 Å². The summed E-state index contributed by atoms with van der Waals surface area (Å²) in [6, 6.07) is 16.2. The molecule has 2 aromatic carbocycles. The molecule has 3 amide bonds. The normalized spacial score (nSPS) is 21.7. The van der Waals surface area contributed by atoms with E-state index in [9.17, 15) is 19.5 Å². The van der Waals surface area contributed by atoms with Crippen LogP contribution in [0.2, 0.25) is 0 Å². The maximum atomic E-state index is 13.1. The Balaban J connectivity index is 0.824. The number of benzene rings is 2. The van der Waals surface area contributed by atoms with E-state index in [4.69, 9.17) is 4.98 Å². The van der Waals surface area contributed by atoms with Gasteiger partial charge >= 0.3 is 0 Å². The molecule has 4 aliphatic heterocycles. The van der Waals surface area contributed by atoms with Crippen molar-refractivity contribution >= 4 is 40.4 Å². The third-order valence-corrected chi connectivity index (χ3v) is 10.9. The summed E-state index contributed by atoms with van der Waals surface area (Å²) < 4.78 is 2.02. The number of likely N-dealkylation sites (tertiary alicyclic amines) is 1. The molecule has 1 unspecified atom stereocenters. The number of hydrogen-bond acceptors (Lipinski definition) is 9. The standard InChI is InChI=1S/C37H42N8O4/c1-42-15-10-25-21-38-36(41-33(25)42)39-28-11-16-44(17-12-28)29-5-2-24(3-6-29)22-43-18-13-37(49,14-19-43)27-4-7-30-26(20-27)23-45(35(30)48)31-8-9-32(46)40-34(31)47/h2-7,10,15,20-21,28,31,49H,8-9,11-14,16-19,22-23H2,1H3,(H,38,39,41)(H,40,46,47). The minimum atomic E-state index is -0.971. The van der Waals surface area contributed by atoms with Gasteiger partial charge in [0.2, 0.25) is 17.8 Å². The number of aromatic nitrogens is 3. The molecule has 0 radical (unpaired) electrons. The van der Waals surface area contributed by atoms with Crippen molar-refractivity contribution in [2.75, 3.05) is 36.4 Å². The van der Waals surface area contributed by atoms with Gasteiger partial charge < -0.3 is 24.8 Å². The van der Waals surface area contributed by atoms with Crippen LogP contribution in [0.4, 0.5) is 11.6 Å². The van der Waals surface area contributed by atoms with Crippen LogP contribution in [0.5, 0.6) is 0 Å². The zero-order chi connectivity index (χ0) is 33.7. The quantitative estimate of drug-likeness (QED) is 0.255. The maximum Gasteiger partial charge on any atom is 0.255 e. The monoisotopic (exact) mass is 662 g/mol. The van der Waals surface area contributed by atoms with Gasteiger partial charge in [-0.3, -0.25) is 24.6 Å². The molecule has 0 bridgehead atoms. The van der Waals surface area contributed by atoms with Crippen LogP contribution < -0.4 is 15.5 Å². The minimum Gasteiger partial charge on any atom is -0.385 e. The number of fused-ring (bicyclic) bond motifs is 2. The Hall–Kier alpha value is -4.81. The number of aryl methyl sites for hydroxylation is 1. The van der Waals surface area contributed by atoms with Gasteiger partial charge in [0.05, 0.1) is 5.60 Å². The van der Waals surface area contributed by atoms with E-state index in [1.165, 1.54) is 11.3 Å². The highest BCUT2D eigenvalue weighted by Gasteiger charge is 2.41. The maximum absolute atomic E-state index is 13.1. The number of anilines is 2. The Morgan fingerprint density at radius 1 is 0.980 bits per heavy atom. The average molecular weight is 663 g/mol. The van der Waals surface area contributed by atoms with Crippen molar-refractivity contribution in [3.8, 4) is 0 Å². The lowest BCUT2D eigenvalue weighted by molar-refractivity contribution is -0.136. The molecule has 8 rings (SSSR count). The van der Waals surface area contributed by atoms with Gasteiger partial charge in [-0.15, -0.1) is 0 Å². The number of rotatable bonds is 7. The van der Waals surface area contributed by atoms with Crippen LogP contribution in [0.1, 0.15) is 65.6 Å². The molecule has 4 aliphatic rings. The lowest BCUT2D eigenvalue weighted by atomic mass is 9.83. The number of piperidine rings is 3. The molecule has 6 heterocycles. The number of imide groups is 1. The van der Waals surface area contributed by atoms with Crippen LogP contribution in [-0.2, 0) is 35.3 Å². The second-order valence-corrected chi connectivity index (χ2v) is 14.1. The first kappa shape index (κ1) is 31.5. The molecule has 3 N–H and O–H groups in total. The van der Waals surface area contributed by atoms with Crippen molar-refractivity contribution in [2.24, 2.45) is 7.05 Å². The highest BCUT2D eigenvalue weighted by Crippen LogP contribution is 2.37. The molecule has 12 heteroatoms. The van der Waals surface area contributed by atoms with Crippen molar-refractivity contribution in [1.82, 2.24) is 29.7 Å². The molecule has 4 aromatic rings. The molecule has 12 nitrogen and oxygen atoms in total. The molecule has 2 aromatic heterocycles. The van der Waals surface area contributed by atoms with Gasteiger partial charge in [-0.2, -0.15) is 4.98 Å². The molecule has 0 spiro atoms. The zero-order valence-electron chi connectivity index (χ0n) is 27.8. The lowest BCUT2D eigenvalue weighted by Crippen LogP contribution is -2.52. The van der Waals surface area contributed by atoms with E-state index in [1.807, 2.05) is 42.2 Å². The van der Waals surface area contributed by atoms with E-state index < -0.39 is 17.6 Å². The third kappa shape index (κ3) is 6.15. The predicted molar refractivity (Wildman–Crippen MR) is 185 cm³/mol. The van der Waals surface area contributed by atoms with Gasteiger partial charge in [0.1, 0.15) is 11.7 Å². The number of aliphatic hydroxyl groups is 1. The Labute approximate surface area is 285 Å². The number of nitrogens with zero attached hydrogens (tertiary/aromatic N) is 6. The van der Waals surface area contributed by atoms with Gasteiger partial charge in [-0.1, -0.05) is 24.3 Å². The van der Waals surface area contributed by atoms with Crippen LogP contribution in [0, 0.1) is 0 Å². The van der Waals surface area contributed by atoms with Crippen molar-refractivity contribution in [2.45, 2.75) is 69.3 Å². The lowest BCUT2D eigenvalue weighted by Gasteiger charge is -2.39. The molecule has 254 valence electrons. The summed E-state index contributed by atoms with van der Waals surface area (Å²) in [6.45, 7) is 4.60. The van der Waals surface area contributed by atoms with Gasteiger partial charge in [-0.05, 0) is 73.1 Å². The fourth-order valence-corrected chi connectivity index (χ4v) is 7.88. The van der Waals surface area contributed by atoms with Crippen molar-refractivity contribution in [3.05, 3.63) is 83.2 Å². The summed E-state index contributed by atoms with van der Waals surface area (Å²) in [6.07, 6.45) is 7.68. The summed E-state index contributed by atoms with van der Waals surface area (Å²) in [5.74, 6) is -0.222. The molecule has 0 saturated carbocycles. The summed E-state index contributed by atoms with van der Waals surface area (Å²) in [7, 11) is 2.00. The Morgan fingerprint density at radius 2 is 1.76 bits per heavy atom. The van der Waals surface area contributed by atoms with Crippen LogP contribution in [-0.4, -0.2) is 85.4 Å². The first-order valence-corrected chi connectivity index (χ1v) is 17.3. The fraction of sp³-hybridized carbons (Fsp3) is 0.432. The van der Waals surface area contributed by atoms with Crippen LogP contribution in [0.25, 0.3) is 11.0 Å². The predicted octanol–water partition coefficient (Wildman–Crippen LogP) is 3.29. The Kier molecular flexibility index (Phi) is 8.07. The van der Waals surface area contributed by atoms with E-state index in [0.29, 0.717) is 43.4 Å². The number of carbonyl (C=O) groups is 3. The fourth-order valence-electron chi connectivity index (χ4n) is 7.88. The summed E-state index contributed by atoms with van der Waals surface area (Å²) in [5.41, 5.74) is 4.66. The zero-order valence-corrected chi connectivity index (χ0v) is 27.8. The summed E-state index contributed by atoms with van der Waals surface area (Å²) >= 11 is 0. The highest BCUT2D eigenvalue weighted by atomic mass is 16.3. The van der Waals surface area contributed by atoms with Crippen LogP contribution in [0.15, 0.2) is 60.9 Å². The van der Waals surface area contributed by atoms with Gasteiger partial charge in [0, 0.05) is 87.8 Å². The highest BCUT2D eigenvalue weighted by molar-refractivity contribution is 6.05. The molecule has 1 atom stereocenters. The third-order valence-electron chi connectivity index (χ3n) is 10.9. The number of nitrogens with one attached hydrogen (secondary N) is 2. The molecule has 49 heavy (non-hydrogen) atoms. The topological polar surface area (TPSA) is 136 Å². The van der Waals surface area contributed by atoms with Gasteiger partial charge in [0.25, 0.3) is 5.91 Å². The Bertz CT molecular complexity index is 1910. The van der Waals surface area contributed by atoms with Crippen molar-refractivity contribution < 1.29 is 19.5 Å². The van der Waals surface area contributed by atoms with E-state index in [-0.39, 0.29) is 18.2 Å². The van der Waals surface area contributed by atoms with E-state index in [2.05, 4.69) is 49.7 Å². The van der Waals surface area contributed by atoms with Gasteiger partial charge in [-0.25, -0.2) is 4.98 Å². The van der Waals surface area contributed by atoms with Crippen molar-refractivity contribution in [1.29, 1.82) is 0 Å². The summed E-state index contributed by atoms with van der Waals surface area (Å²) in [5, 5.41) is 18.6. The minimum absolute atomic E-state index is 0.197. The largest absolute Gasteiger partial charge is 0.385 e. The molecular formula is C37H42N8O4. The van der Waals surface area contributed by atoms with Gasteiger partial charge in [0.15, 0.2) is 0 Å². The van der Waals surface area contributed by atoms with Crippen LogP contribution in [0.3, 0.4) is 0 Å². The smallest absolute Gasteiger partial charge is 0.255 e. The molecular weight excluding hydrogens is 620 g/mol. The molecule has 3 saturated heterocycles. The number of carbonyl (C=O) groups excluding carboxylic acids is 3. The number of hydrogen-bond donors (Lipinski definition) is 3. The first-order valence-electron chi connectivity index (χ1n) is 17.3.